The van der Waals surface area contributed by atoms with Crippen molar-refractivity contribution in [3.63, 3.8) is 0 Å². The second-order valence-corrected chi connectivity index (χ2v) is 8.71. The van der Waals surface area contributed by atoms with Crippen LogP contribution in [-0.4, -0.2) is 57.7 Å². The highest BCUT2D eigenvalue weighted by molar-refractivity contribution is 6.46. The number of aliphatic hydroxyl groups is 1. The first-order chi connectivity index (χ1) is 16.9. The van der Waals surface area contributed by atoms with Gasteiger partial charge >= 0.3 is 0 Å². The summed E-state index contributed by atoms with van der Waals surface area (Å²) in [6.07, 6.45) is 6.57. The second-order valence-electron chi connectivity index (χ2n) is 8.71. The molecular formula is C26H33N3O6. The van der Waals surface area contributed by atoms with E-state index in [2.05, 4.69) is 18.7 Å². The number of nitro benzene ring substituents is 1. The number of Topliss-reactive ketones (excluding diaryl/α,β-unsaturated/α-hetero) is 1. The number of likely N-dealkylation sites (tertiary alicyclic amines) is 1. The van der Waals surface area contributed by atoms with Gasteiger partial charge in [-0.15, -0.1) is 0 Å². The molecule has 2 heterocycles. The van der Waals surface area contributed by atoms with Gasteiger partial charge in [-0.1, -0.05) is 26.7 Å². The van der Waals surface area contributed by atoms with Gasteiger partial charge in [0.15, 0.2) is 0 Å². The van der Waals surface area contributed by atoms with Gasteiger partial charge in [-0.3, -0.25) is 19.7 Å². The number of rotatable bonds is 13. The molecule has 0 bridgehead atoms. The maximum absolute atomic E-state index is 13.0. The highest BCUT2D eigenvalue weighted by Gasteiger charge is 2.47. The number of hydrogen-bond acceptors (Lipinski definition) is 7. The van der Waals surface area contributed by atoms with Gasteiger partial charge in [0.25, 0.3) is 17.4 Å². The van der Waals surface area contributed by atoms with E-state index in [0.717, 1.165) is 45.3 Å². The van der Waals surface area contributed by atoms with Gasteiger partial charge < -0.3 is 19.3 Å². The fraction of sp³-hybridized carbons (Fsp3) is 0.462. The summed E-state index contributed by atoms with van der Waals surface area (Å²) in [6.45, 7) is 7.45. The van der Waals surface area contributed by atoms with Crippen LogP contribution in [0.25, 0.3) is 5.76 Å². The van der Waals surface area contributed by atoms with Gasteiger partial charge in [0.1, 0.15) is 17.6 Å². The molecule has 0 spiro atoms. The summed E-state index contributed by atoms with van der Waals surface area (Å²) in [6, 6.07) is 7.68. The number of unbranched alkanes of at least 4 members (excludes halogenated alkanes) is 2. The van der Waals surface area contributed by atoms with Crippen LogP contribution in [-0.2, 0) is 9.59 Å². The Kier molecular flexibility index (Phi) is 9.19. The van der Waals surface area contributed by atoms with Crippen LogP contribution in [0.4, 0.5) is 5.69 Å². The number of ketones is 1. The number of benzene rings is 1. The van der Waals surface area contributed by atoms with E-state index in [1.54, 1.807) is 12.1 Å². The van der Waals surface area contributed by atoms with Gasteiger partial charge in [-0.05, 0) is 63.2 Å². The van der Waals surface area contributed by atoms with E-state index >= 15 is 0 Å². The van der Waals surface area contributed by atoms with Crippen molar-refractivity contribution >= 4 is 23.1 Å². The molecule has 0 saturated carbocycles. The van der Waals surface area contributed by atoms with E-state index < -0.39 is 22.7 Å². The van der Waals surface area contributed by atoms with E-state index in [1.807, 2.05) is 0 Å². The predicted octanol–water partition coefficient (Wildman–Crippen LogP) is 4.90. The van der Waals surface area contributed by atoms with Crippen molar-refractivity contribution < 1.29 is 24.0 Å². The Labute approximate surface area is 205 Å². The minimum Gasteiger partial charge on any atom is -0.507 e. The van der Waals surface area contributed by atoms with Crippen LogP contribution in [0.2, 0.25) is 0 Å². The first-order valence-corrected chi connectivity index (χ1v) is 12.2. The zero-order valence-corrected chi connectivity index (χ0v) is 20.3. The number of amides is 1. The average molecular weight is 484 g/mol. The molecular weight excluding hydrogens is 450 g/mol. The monoisotopic (exact) mass is 483 g/mol. The molecule has 0 aliphatic carbocycles. The lowest BCUT2D eigenvalue weighted by molar-refractivity contribution is -0.384. The Hall–Kier alpha value is -3.46. The number of hydrogen-bond donors (Lipinski definition) is 1. The lowest BCUT2D eigenvalue weighted by Gasteiger charge is -2.26. The summed E-state index contributed by atoms with van der Waals surface area (Å²) < 4.78 is 5.55. The van der Waals surface area contributed by atoms with E-state index in [1.165, 1.54) is 35.4 Å². The van der Waals surface area contributed by atoms with Gasteiger partial charge in [-0.25, -0.2) is 0 Å². The average Bonchev–Trinajstić information content (AvgIpc) is 3.47. The molecule has 1 atom stereocenters. The highest BCUT2D eigenvalue weighted by atomic mass is 16.6. The molecule has 1 N–H and O–H groups in total. The van der Waals surface area contributed by atoms with Crippen LogP contribution >= 0.6 is 0 Å². The van der Waals surface area contributed by atoms with Crippen molar-refractivity contribution in [3.8, 4) is 0 Å². The molecule has 9 nitrogen and oxygen atoms in total. The minimum absolute atomic E-state index is 0.0763. The van der Waals surface area contributed by atoms with Gasteiger partial charge in [-0.2, -0.15) is 0 Å². The third-order valence-electron chi connectivity index (χ3n) is 6.23. The second kappa shape index (κ2) is 12.3. The number of carbonyl (C=O) groups is 2. The minimum atomic E-state index is -0.861. The maximum Gasteiger partial charge on any atom is 0.295 e. The molecule has 1 amide bonds. The SMILES string of the molecule is CCCCN(CCCC)CCCN1C(=O)C(=O)C(=C(O)c2ccc([N+](=O)[O-])cc2)[C@H]1c1ccco1. The first-order valence-electron chi connectivity index (χ1n) is 12.2. The van der Waals surface area contributed by atoms with E-state index in [4.69, 9.17) is 4.42 Å². The van der Waals surface area contributed by atoms with Crippen LogP contribution < -0.4 is 0 Å². The number of aliphatic hydroxyl groups excluding tert-OH is 1. The quantitative estimate of drug-likeness (QED) is 0.142. The standard InChI is InChI=1S/C26H33N3O6/c1-3-5-14-27(15-6-4-2)16-8-17-28-23(21-9-7-18-35-21)22(25(31)26(28)32)24(30)19-10-12-20(13-11-19)29(33)34/h7,9-13,18,23,30H,3-6,8,14-17H2,1-2H3/t23-/m1/s1. The van der Waals surface area contributed by atoms with E-state index in [0.29, 0.717) is 18.7 Å². The summed E-state index contributed by atoms with van der Waals surface area (Å²) in [4.78, 5) is 40.3. The maximum atomic E-state index is 13.0. The molecule has 1 aliphatic rings. The molecule has 188 valence electrons. The van der Waals surface area contributed by atoms with Crippen LogP contribution in [0.1, 0.15) is 63.3 Å². The summed E-state index contributed by atoms with van der Waals surface area (Å²) >= 11 is 0. The lowest BCUT2D eigenvalue weighted by atomic mass is 9.99. The molecule has 9 heteroatoms. The number of nitro groups is 1. The third-order valence-corrected chi connectivity index (χ3v) is 6.23. The summed E-state index contributed by atoms with van der Waals surface area (Å²) in [7, 11) is 0. The topological polar surface area (TPSA) is 117 Å². The van der Waals surface area contributed by atoms with E-state index in [9.17, 15) is 24.8 Å². The fourth-order valence-electron chi connectivity index (χ4n) is 4.31. The molecule has 1 aromatic heterocycles. The van der Waals surface area contributed by atoms with Crippen LogP contribution in [0.15, 0.2) is 52.7 Å². The van der Waals surface area contributed by atoms with Crippen molar-refractivity contribution in [1.82, 2.24) is 9.80 Å². The summed E-state index contributed by atoms with van der Waals surface area (Å²) in [5.41, 5.74) is 0.00312. The van der Waals surface area contributed by atoms with E-state index in [-0.39, 0.29) is 22.6 Å². The Morgan fingerprint density at radius 3 is 2.23 bits per heavy atom. The Balaban J connectivity index is 1.86. The number of furan rings is 1. The summed E-state index contributed by atoms with van der Waals surface area (Å²) in [5.74, 6) is -1.49. The third kappa shape index (κ3) is 6.16. The van der Waals surface area contributed by atoms with Crippen LogP contribution in [0.5, 0.6) is 0 Å². The van der Waals surface area contributed by atoms with Crippen molar-refractivity contribution in [2.45, 2.75) is 52.0 Å². The molecule has 35 heavy (non-hydrogen) atoms. The van der Waals surface area contributed by atoms with Crippen molar-refractivity contribution in [3.05, 3.63) is 69.7 Å². The number of nitrogens with zero attached hydrogens (tertiary/aromatic N) is 3. The van der Waals surface area contributed by atoms with Crippen LogP contribution in [0, 0.1) is 10.1 Å². The smallest absolute Gasteiger partial charge is 0.295 e. The highest BCUT2D eigenvalue weighted by Crippen LogP contribution is 2.39. The molecule has 0 unspecified atom stereocenters. The molecule has 2 aromatic rings. The molecule has 0 radical (unpaired) electrons. The van der Waals surface area contributed by atoms with Crippen molar-refractivity contribution in [1.29, 1.82) is 0 Å². The number of carbonyl (C=O) groups excluding carboxylic acids is 2. The van der Waals surface area contributed by atoms with Crippen molar-refractivity contribution in [2.24, 2.45) is 0 Å². The fourth-order valence-corrected chi connectivity index (χ4v) is 4.31. The molecule has 1 aromatic carbocycles. The zero-order chi connectivity index (χ0) is 25.4. The first kappa shape index (κ1) is 26.2. The predicted molar refractivity (Wildman–Crippen MR) is 132 cm³/mol. The largest absolute Gasteiger partial charge is 0.507 e. The molecule has 1 saturated heterocycles. The normalized spacial score (nSPS) is 17.5. The van der Waals surface area contributed by atoms with Gasteiger partial charge in [0, 0.05) is 24.2 Å². The number of non-ortho nitro benzene ring substituents is 1. The zero-order valence-electron chi connectivity index (χ0n) is 20.3. The Morgan fingerprint density at radius 1 is 1.06 bits per heavy atom. The summed E-state index contributed by atoms with van der Waals surface area (Å²) in [5, 5.41) is 22.0. The molecule has 1 fully saturated rings. The Bertz CT molecular complexity index is 1040. The van der Waals surface area contributed by atoms with Gasteiger partial charge in [0.05, 0.1) is 16.8 Å². The van der Waals surface area contributed by atoms with Gasteiger partial charge in [0.2, 0.25) is 0 Å². The molecule has 3 rings (SSSR count). The molecule has 1 aliphatic heterocycles. The lowest BCUT2D eigenvalue weighted by Crippen LogP contribution is -2.34. The van der Waals surface area contributed by atoms with Crippen molar-refractivity contribution in [2.75, 3.05) is 26.2 Å². The Morgan fingerprint density at radius 2 is 1.69 bits per heavy atom. The van der Waals surface area contributed by atoms with Crippen LogP contribution in [0.3, 0.4) is 0 Å².